The van der Waals surface area contributed by atoms with E-state index in [-0.39, 0.29) is 12.1 Å². The van der Waals surface area contributed by atoms with Crippen molar-refractivity contribution in [3.63, 3.8) is 0 Å². The summed E-state index contributed by atoms with van der Waals surface area (Å²) in [5, 5.41) is -14.1. The number of ether oxygens (including phenoxy) is 2. The first-order valence-corrected chi connectivity index (χ1v) is 10.7. The average Bonchev–Trinajstić information content (AvgIpc) is 2.62. The van der Waals surface area contributed by atoms with Gasteiger partial charge in [-0.15, -0.1) is 0 Å². The van der Waals surface area contributed by atoms with E-state index in [0.29, 0.717) is 0 Å². The molecule has 8 nitrogen and oxygen atoms in total. The predicted octanol–water partition coefficient (Wildman–Crippen LogP) is 3.42. The van der Waals surface area contributed by atoms with Crippen molar-refractivity contribution >= 4 is 20.2 Å². The van der Waals surface area contributed by atoms with E-state index in [1.165, 1.54) is 0 Å². The second-order valence-corrected chi connectivity index (χ2v) is 9.16. The van der Waals surface area contributed by atoms with Crippen LogP contribution in [-0.2, 0) is 49.1 Å². The summed E-state index contributed by atoms with van der Waals surface area (Å²) < 4.78 is 187. The Morgan fingerprint density at radius 1 is 0.788 bits per heavy atom. The van der Waals surface area contributed by atoms with Crippen molar-refractivity contribution in [3.8, 4) is 5.75 Å². The van der Waals surface area contributed by atoms with E-state index in [2.05, 4.69) is 13.7 Å². The summed E-state index contributed by atoms with van der Waals surface area (Å²) in [7, 11) is -12.9. The molecule has 0 spiro atoms. The normalized spacial score (nSPS) is 14.4. The zero-order valence-electron chi connectivity index (χ0n) is 16.1. The van der Waals surface area contributed by atoms with Gasteiger partial charge in [0.25, 0.3) is 0 Å². The van der Waals surface area contributed by atoms with Gasteiger partial charge in [-0.05, 0) is 12.1 Å². The minimum absolute atomic E-state index is 0.136. The predicted molar refractivity (Wildman–Crippen MR) is 88.8 cm³/mol. The third-order valence-corrected chi connectivity index (χ3v) is 5.91. The molecule has 0 unspecified atom stereocenters. The molecular weight excluding hydrogens is 531 g/mol. The van der Waals surface area contributed by atoms with Crippen molar-refractivity contribution in [2.24, 2.45) is 0 Å². The quantitative estimate of drug-likeness (QED) is 0.271. The van der Waals surface area contributed by atoms with Crippen LogP contribution in [0.4, 0.5) is 39.5 Å². The number of halogens is 9. The topological polar surface area (TPSA) is 116 Å². The first kappa shape index (κ1) is 29.2. The summed E-state index contributed by atoms with van der Waals surface area (Å²) in [4.78, 5) is 0. The summed E-state index contributed by atoms with van der Waals surface area (Å²) in [6.45, 7) is -1.96. The van der Waals surface area contributed by atoms with E-state index in [1.54, 1.807) is 0 Å². The third-order valence-electron chi connectivity index (χ3n) is 3.73. The summed E-state index contributed by atoms with van der Waals surface area (Å²) in [5.41, 5.74) is -3.41. The van der Waals surface area contributed by atoms with Gasteiger partial charge in [0.1, 0.15) is 0 Å². The lowest BCUT2D eigenvalue weighted by molar-refractivity contribution is -0.247. The van der Waals surface area contributed by atoms with E-state index in [4.69, 9.17) is 4.55 Å². The van der Waals surface area contributed by atoms with Crippen molar-refractivity contribution in [2.75, 3.05) is 14.2 Å². The summed E-state index contributed by atoms with van der Waals surface area (Å²) in [6.07, 6.45) is -5.09. The van der Waals surface area contributed by atoms with Crippen LogP contribution in [0.2, 0.25) is 0 Å². The van der Waals surface area contributed by atoms with Gasteiger partial charge in [0.05, 0.1) is 18.8 Å². The number of hydrogen-bond donors (Lipinski definition) is 1. The number of benzene rings is 1. The fourth-order valence-electron chi connectivity index (χ4n) is 2.20. The summed E-state index contributed by atoms with van der Waals surface area (Å²) >= 11 is 0. The molecule has 1 N–H and O–H groups in total. The SMILES string of the molecule is COCc1cc(C(F)(F)F)cc(COC)c1OS(=O)(=O)C(F)(F)C(F)(F)C(F)(F)S(=O)(=O)O. The van der Waals surface area contributed by atoms with Gasteiger partial charge in [0, 0.05) is 25.3 Å². The highest BCUT2D eigenvalue weighted by Gasteiger charge is 2.83. The number of methoxy groups -OCH3 is 2. The molecule has 0 amide bonds. The first-order valence-electron chi connectivity index (χ1n) is 7.83. The molecule has 1 aromatic carbocycles. The monoisotopic (exact) mass is 544 g/mol. The van der Waals surface area contributed by atoms with Crippen molar-refractivity contribution in [1.29, 1.82) is 0 Å². The molecule has 0 saturated carbocycles. The highest BCUT2D eigenvalue weighted by Crippen LogP contribution is 2.51. The van der Waals surface area contributed by atoms with Crippen LogP contribution < -0.4 is 4.18 Å². The van der Waals surface area contributed by atoms with E-state index >= 15 is 0 Å². The fraction of sp³-hybridized carbons (Fsp3) is 0.571. The van der Waals surface area contributed by atoms with Crippen molar-refractivity contribution < 1.29 is 74.6 Å². The number of alkyl halides is 9. The molecule has 0 bridgehead atoms. The average molecular weight is 544 g/mol. The molecule has 0 aliphatic heterocycles. The molecule has 19 heteroatoms. The highest BCUT2D eigenvalue weighted by molar-refractivity contribution is 7.88. The minimum atomic E-state index is -7.30. The first-order chi connectivity index (χ1) is 14.6. The lowest BCUT2D eigenvalue weighted by atomic mass is 10.0. The molecule has 0 aliphatic carbocycles. The van der Waals surface area contributed by atoms with Crippen LogP contribution in [0.15, 0.2) is 12.1 Å². The molecule has 1 aromatic rings. The Kier molecular flexibility index (Phi) is 8.04. The summed E-state index contributed by atoms with van der Waals surface area (Å²) in [5.74, 6) is -8.77. The lowest BCUT2D eigenvalue weighted by Gasteiger charge is -2.30. The molecule has 0 radical (unpaired) electrons. The number of hydrogen-bond acceptors (Lipinski definition) is 7. The van der Waals surface area contributed by atoms with E-state index in [1.807, 2.05) is 0 Å². The lowest BCUT2D eigenvalue weighted by Crippen LogP contribution is -2.61. The van der Waals surface area contributed by atoms with Crippen LogP contribution in [0.3, 0.4) is 0 Å². The molecule has 0 aromatic heterocycles. The zero-order valence-corrected chi connectivity index (χ0v) is 17.7. The standard InChI is InChI=1S/C14H13F9O8S2/c1-29-5-7-3-9(11(15,16)17)4-8(6-30-2)10(7)31-33(27,28)14(22,23)12(18,19)13(20,21)32(24,25)26/h3-4H,5-6H2,1-2H3,(H,24,25,26). The smallest absolute Gasteiger partial charge is 0.380 e. The second-order valence-electron chi connectivity index (χ2n) is 6.11. The Hall–Kier alpha value is -1.83. The van der Waals surface area contributed by atoms with Gasteiger partial charge in [-0.2, -0.15) is 56.3 Å². The largest absolute Gasteiger partial charge is 0.450 e. The molecule has 0 heterocycles. The Bertz CT molecular complexity index is 1060. The zero-order chi connectivity index (χ0) is 26.3. The van der Waals surface area contributed by atoms with Crippen LogP contribution in [0.25, 0.3) is 0 Å². The Labute approximate surface area is 180 Å². The Morgan fingerprint density at radius 3 is 1.48 bits per heavy atom. The van der Waals surface area contributed by atoms with Crippen molar-refractivity contribution in [1.82, 2.24) is 0 Å². The highest BCUT2D eigenvalue weighted by atomic mass is 32.2. The van der Waals surface area contributed by atoms with Crippen molar-refractivity contribution in [2.45, 2.75) is 35.8 Å². The van der Waals surface area contributed by atoms with E-state index in [9.17, 15) is 56.3 Å². The molecule has 0 atom stereocenters. The van der Waals surface area contributed by atoms with Gasteiger partial charge in [-0.25, -0.2) is 0 Å². The molecule has 0 aliphatic rings. The van der Waals surface area contributed by atoms with Gasteiger partial charge in [0.15, 0.2) is 5.75 Å². The van der Waals surface area contributed by atoms with Crippen molar-refractivity contribution in [3.05, 3.63) is 28.8 Å². The van der Waals surface area contributed by atoms with E-state index in [0.717, 1.165) is 14.2 Å². The molecule has 192 valence electrons. The molecular formula is C14H13F9O8S2. The molecule has 33 heavy (non-hydrogen) atoms. The Balaban J connectivity index is 3.76. The molecule has 0 saturated heterocycles. The van der Waals surface area contributed by atoms with Gasteiger partial charge >= 0.3 is 42.8 Å². The van der Waals surface area contributed by atoms with E-state index < -0.39 is 78.5 Å². The second kappa shape index (κ2) is 9.08. The van der Waals surface area contributed by atoms with Crippen LogP contribution >= 0.6 is 0 Å². The van der Waals surface area contributed by atoms with Gasteiger partial charge in [-0.1, -0.05) is 0 Å². The fourth-order valence-corrected chi connectivity index (χ4v) is 3.70. The maximum Gasteiger partial charge on any atom is 0.450 e. The van der Waals surface area contributed by atoms with Crippen LogP contribution in [-0.4, -0.2) is 52.0 Å². The maximum absolute atomic E-state index is 14.0. The summed E-state index contributed by atoms with van der Waals surface area (Å²) in [6, 6.07) is 0.271. The molecule has 1 rings (SSSR count). The Morgan fingerprint density at radius 2 is 1.18 bits per heavy atom. The van der Waals surface area contributed by atoms with Crippen LogP contribution in [0.5, 0.6) is 5.75 Å². The number of rotatable bonds is 10. The maximum atomic E-state index is 14.0. The van der Waals surface area contributed by atoms with Crippen LogP contribution in [0.1, 0.15) is 16.7 Å². The molecule has 0 fully saturated rings. The van der Waals surface area contributed by atoms with Gasteiger partial charge in [0.2, 0.25) is 0 Å². The van der Waals surface area contributed by atoms with Crippen LogP contribution in [0, 0.1) is 0 Å². The third kappa shape index (κ3) is 5.31. The minimum Gasteiger partial charge on any atom is -0.380 e. The van der Waals surface area contributed by atoms with Gasteiger partial charge in [-0.3, -0.25) is 4.55 Å². The van der Waals surface area contributed by atoms with Gasteiger partial charge < -0.3 is 13.7 Å².